The van der Waals surface area contributed by atoms with Crippen molar-refractivity contribution in [1.29, 1.82) is 0 Å². The minimum Gasteiger partial charge on any atom is -0.333 e. The number of aromatic amines is 1. The third-order valence-electron chi connectivity index (χ3n) is 5.06. The summed E-state index contributed by atoms with van der Waals surface area (Å²) in [4.78, 5) is 19.0. The van der Waals surface area contributed by atoms with Crippen LogP contribution in [0.4, 0.5) is 0 Å². The Hall–Kier alpha value is -1.39. The zero-order valence-electron chi connectivity index (χ0n) is 12.4. The molecule has 5 heteroatoms. The van der Waals surface area contributed by atoms with Crippen LogP contribution in [0.5, 0.6) is 0 Å². The Bertz CT molecular complexity index is 484. The van der Waals surface area contributed by atoms with Crippen molar-refractivity contribution in [2.75, 3.05) is 6.54 Å². The minimum absolute atomic E-state index is 0.0183. The van der Waals surface area contributed by atoms with Crippen LogP contribution in [-0.4, -0.2) is 38.6 Å². The van der Waals surface area contributed by atoms with E-state index in [0.29, 0.717) is 17.8 Å². The van der Waals surface area contributed by atoms with Crippen LogP contribution >= 0.6 is 0 Å². The van der Waals surface area contributed by atoms with E-state index in [1.807, 2.05) is 11.8 Å². The number of piperidine rings is 1. The average molecular weight is 276 g/mol. The second kappa shape index (κ2) is 5.54. The summed E-state index contributed by atoms with van der Waals surface area (Å²) < 4.78 is 0. The highest BCUT2D eigenvalue weighted by molar-refractivity contribution is 5.90. The predicted octanol–water partition coefficient (Wildman–Crippen LogP) is 2.41. The molecule has 5 nitrogen and oxygen atoms in total. The van der Waals surface area contributed by atoms with Gasteiger partial charge in [0, 0.05) is 19.0 Å². The maximum atomic E-state index is 12.7. The molecule has 0 spiro atoms. The lowest BCUT2D eigenvalue weighted by Gasteiger charge is -2.46. The highest BCUT2D eigenvalue weighted by atomic mass is 16.2. The zero-order chi connectivity index (χ0) is 14.1. The lowest BCUT2D eigenvalue weighted by Crippen LogP contribution is -2.52. The van der Waals surface area contributed by atoms with E-state index in [1.165, 1.54) is 19.3 Å². The van der Waals surface area contributed by atoms with E-state index in [9.17, 15) is 4.79 Å². The Morgan fingerprint density at radius 1 is 1.35 bits per heavy atom. The Balaban J connectivity index is 1.79. The topological polar surface area (TPSA) is 61.9 Å². The van der Waals surface area contributed by atoms with Crippen LogP contribution in [0.1, 0.15) is 62.4 Å². The highest BCUT2D eigenvalue weighted by Crippen LogP contribution is 2.39. The molecule has 3 rings (SSSR count). The number of H-pyrrole nitrogens is 1. The molecule has 3 unspecified atom stereocenters. The first kappa shape index (κ1) is 13.6. The molecule has 0 bridgehead atoms. The molecule has 1 saturated heterocycles. The average Bonchev–Trinajstić information content (AvgIpc) is 2.96. The summed E-state index contributed by atoms with van der Waals surface area (Å²) in [6.07, 6.45) is 6.86. The number of fused-ring (bicyclic) bond motifs is 1. The molecular weight excluding hydrogens is 252 g/mol. The Morgan fingerprint density at radius 3 is 2.90 bits per heavy atom. The number of hydrogen-bond donors (Lipinski definition) is 1. The third-order valence-corrected chi connectivity index (χ3v) is 5.06. The van der Waals surface area contributed by atoms with Crippen molar-refractivity contribution in [1.82, 2.24) is 20.1 Å². The lowest BCUT2D eigenvalue weighted by atomic mass is 9.72. The van der Waals surface area contributed by atoms with Crippen molar-refractivity contribution in [2.24, 2.45) is 11.8 Å². The van der Waals surface area contributed by atoms with Crippen LogP contribution in [0.15, 0.2) is 0 Å². The van der Waals surface area contributed by atoms with Gasteiger partial charge in [-0.25, -0.2) is 4.98 Å². The van der Waals surface area contributed by atoms with Crippen LogP contribution in [0.2, 0.25) is 0 Å². The molecule has 1 aromatic heterocycles. The predicted molar refractivity (Wildman–Crippen MR) is 76.3 cm³/mol. The molecular formula is C15H24N4O. The summed E-state index contributed by atoms with van der Waals surface area (Å²) in [7, 11) is 0. The molecule has 2 aliphatic rings. The van der Waals surface area contributed by atoms with Crippen LogP contribution in [-0.2, 0) is 6.42 Å². The lowest BCUT2D eigenvalue weighted by molar-refractivity contribution is 0.0208. The fraction of sp³-hybridized carbons (Fsp3) is 0.800. The molecule has 110 valence electrons. The van der Waals surface area contributed by atoms with E-state index >= 15 is 0 Å². The van der Waals surface area contributed by atoms with Gasteiger partial charge in [-0.15, -0.1) is 5.10 Å². The van der Waals surface area contributed by atoms with Gasteiger partial charge in [-0.3, -0.25) is 9.89 Å². The van der Waals surface area contributed by atoms with Crippen molar-refractivity contribution in [3.8, 4) is 0 Å². The van der Waals surface area contributed by atoms with Gasteiger partial charge in [-0.1, -0.05) is 26.7 Å². The molecule has 3 atom stereocenters. The van der Waals surface area contributed by atoms with Gasteiger partial charge in [0.2, 0.25) is 5.82 Å². The van der Waals surface area contributed by atoms with Crippen molar-refractivity contribution >= 4 is 5.91 Å². The molecule has 1 aliphatic carbocycles. The fourth-order valence-corrected chi connectivity index (χ4v) is 3.84. The van der Waals surface area contributed by atoms with E-state index in [1.54, 1.807) is 0 Å². The van der Waals surface area contributed by atoms with E-state index in [0.717, 1.165) is 37.5 Å². The molecule has 20 heavy (non-hydrogen) atoms. The fourth-order valence-electron chi connectivity index (χ4n) is 3.84. The maximum absolute atomic E-state index is 12.7. The number of aromatic nitrogens is 3. The summed E-state index contributed by atoms with van der Waals surface area (Å²) in [5.74, 6) is 2.57. The molecule has 0 aromatic carbocycles. The van der Waals surface area contributed by atoms with Crippen molar-refractivity contribution < 1.29 is 4.79 Å². The molecule has 2 fully saturated rings. The number of carbonyl (C=O) groups is 1. The van der Waals surface area contributed by atoms with Gasteiger partial charge in [0.05, 0.1) is 0 Å². The van der Waals surface area contributed by atoms with Crippen molar-refractivity contribution in [2.45, 2.75) is 58.4 Å². The van der Waals surface area contributed by atoms with Gasteiger partial charge in [0.15, 0.2) is 0 Å². The van der Waals surface area contributed by atoms with E-state index in [2.05, 4.69) is 22.1 Å². The van der Waals surface area contributed by atoms with Crippen LogP contribution < -0.4 is 0 Å². The Kier molecular flexibility index (Phi) is 3.76. The van der Waals surface area contributed by atoms with Gasteiger partial charge in [0.25, 0.3) is 5.91 Å². The molecule has 1 aliphatic heterocycles. The normalized spacial score (nSPS) is 30.1. The van der Waals surface area contributed by atoms with Crippen LogP contribution in [0.3, 0.4) is 0 Å². The first-order chi connectivity index (χ1) is 9.70. The number of carbonyl (C=O) groups excluding carboxylic acids is 1. The number of nitrogens with zero attached hydrogens (tertiary/aromatic N) is 3. The van der Waals surface area contributed by atoms with E-state index in [-0.39, 0.29) is 5.91 Å². The Labute approximate surface area is 120 Å². The standard InChI is InChI=1S/C15H24N4O/c1-3-13-16-14(18-17-13)15(20)19-9-8-10(2)11-6-4-5-7-12(11)19/h10-12H,3-9H2,1-2H3,(H,16,17,18). The summed E-state index contributed by atoms with van der Waals surface area (Å²) >= 11 is 0. The quantitative estimate of drug-likeness (QED) is 0.902. The zero-order valence-corrected chi connectivity index (χ0v) is 12.4. The minimum atomic E-state index is 0.0183. The van der Waals surface area contributed by atoms with Gasteiger partial charge < -0.3 is 4.90 Å². The van der Waals surface area contributed by atoms with Crippen molar-refractivity contribution in [3.05, 3.63) is 11.6 Å². The van der Waals surface area contributed by atoms with Gasteiger partial charge >= 0.3 is 0 Å². The van der Waals surface area contributed by atoms with E-state index in [4.69, 9.17) is 0 Å². The van der Waals surface area contributed by atoms with Crippen LogP contribution in [0, 0.1) is 11.8 Å². The summed E-state index contributed by atoms with van der Waals surface area (Å²) in [5, 5.41) is 6.94. The molecule has 1 saturated carbocycles. The number of rotatable bonds is 2. The Morgan fingerprint density at radius 2 is 2.15 bits per heavy atom. The second-order valence-corrected chi connectivity index (χ2v) is 6.24. The third kappa shape index (κ3) is 2.34. The van der Waals surface area contributed by atoms with E-state index < -0.39 is 0 Å². The largest absolute Gasteiger partial charge is 0.333 e. The van der Waals surface area contributed by atoms with Crippen LogP contribution in [0.25, 0.3) is 0 Å². The maximum Gasteiger partial charge on any atom is 0.293 e. The molecule has 1 aromatic rings. The highest BCUT2D eigenvalue weighted by Gasteiger charge is 2.40. The number of hydrogen-bond acceptors (Lipinski definition) is 3. The number of nitrogens with one attached hydrogen (secondary N) is 1. The van der Waals surface area contributed by atoms with Gasteiger partial charge in [-0.2, -0.15) is 0 Å². The molecule has 1 amide bonds. The molecule has 1 N–H and O–H groups in total. The summed E-state index contributed by atoms with van der Waals surface area (Å²) in [5.41, 5.74) is 0. The molecule has 2 heterocycles. The second-order valence-electron chi connectivity index (χ2n) is 6.24. The SMILES string of the molecule is CCc1nc(C(=O)N2CCC(C)C3CCCCC32)n[nH]1. The number of likely N-dealkylation sites (tertiary alicyclic amines) is 1. The smallest absolute Gasteiger partial charge is 0.293 e. The summed E-state index contributed by atoms with van der Waals surface area (Å²) in [6, 6.07) is 0.406. The monoisotopic (exact) mass is 276 g/mol. The molecule has 0 radical (unpaired) electrons. The van der Waals surface area contributed by atoms with Gasteiger partial charge in [0.1, 0.15) is 5.82 Å². The van der Waals surface area contributed by atoms with Crippen molar-refractivity contribution in [3.63, 3.8) is 0 Å². The number of aryl methyl sites for hydroxylation is 1. The summed E-state index contributed by atoms with van der Waals surface area (Å²) in [6.45, 7) is 5.21. The number of amides is 1. The first-order valence-corrected chi connectivity index (χ1v) is 7.93. The van der Waals surface area contributed by atoms with Gasteiger partial charge in [-0.05, 0) is 31.1 Å². The first-order valence-electron chi connectivity index (χ1n) is 7.93.